The molecule has 0 radical (unpaired) electrons. The number of nitrogens with two attached hydrogens (primary N) is 1. The molecule has 0 aromatic heterocycles. The number of rotatable bonds is 5. The van der Waals surface area contributed by atoms with Gasteiger partial charge in [-0.1, -0.05) is 6.42 Å². The van der Waals surface area contributed by atoms with E-state index in [1.807, 2.05) is 0 Å². The van der Waals surface area contributed by atoms with Crippen molar-refractivity contribution < 1.29 is 4.74 Å². The monoisotopic (exact) mass is 252 g/mol. The zero-order valence-electron chi connectivity index (χ0n) is 11.4. The van der Waals surface area contributed by atoms with E-state index in [0.29, 0.717) is 6.04 Å². The molecule has 1 heterocycles. The van der Waals surface area contributed by atoms with Crippen molar-refractivity contribution in [3.8, 4) is 0 Å². The molecule has 1 saturated heterocycles. The number of hydrogen-bond acceptors (Lipinski definition) is 3. The molecule has 4 unspecified atom stereocenters. The smallest absolute Gasteiger partial charge is 0.0468 e. The summed E-state index contributed by atoms with van der Waals surface area (Å²) in [6, 6.07) is 0.539. The molecule has 3 heteroatoms. The Morgan fingerprint density at radius 2 is 1.89 bits per heavy atom. The molecule has 3 aliphatic rings. The molecule has 3 rings (SSSR count). The molecule has 0 amide bonds. The number of nitrogens with one attached hydrogen (secondary N) is 1. The lowest BCUT2D eigenvalue weighted by Crippen LogP contribution is -2.39. The fourth-order valence-corrected chi connectivity index (χ4v) is 4.65. The van der Waals surface area contributed by atoms with Crippen molar-refractivity contribution in [2.45, 2.75) is 57.4 Å². The summed E-state index contributed by atoms with van der Waals surface area (Å²) in [5, 5.41) is 0. The highest BCUT2D eigenvalue weighted by Crippen LogP contribution is 2.50. The topological polar surface area (TPSA) is 47.3 Å². The Kier molecular flexibility index (Phi) is 4.22. The molecule has 3 nitrogen and oxygen atoms in total. The fourth-order valence-electron chi connectivity index (χ4n) is 4.65. The van der Waals surface area contributed by atoms with Crippen molar-refractivity contribution in [3.63, 3.8) is 0 Å². The molecular weight excluding hydrogens is 224 g/mol. The van der Waals surface area contributed by atoms with E-state index in [1.54, 1.807) is 0 Å². The van der Waals surface area contributed by atoms with Crippen LogP contribution in [-0.2, 0) is 4.74 Å². The predicted octanol–water partition coefficient (Wildman–Crippen LogP) is 2.46. The summed E-state index contributed by atoms with van der Waals surface area (Å²) in [5.74, 6) is 9.66. The summed E-state index contributed by atoms with van der Waals surface area (Å²) in [6.07, 6.45) is 11.0. The molecule has 2 bridgehead atoms. The molecule has 4 atom stereocenters. The van der Waals surface area contributed by atoms with Crippen LogP contribution >= 0.6 is 0 Å². The van der Waals surface area contributed by atoms with Crippen molar-refractivity contribution in [1.82, 2.24) is 5.43 Å². The highest BCUT2D eigenvalue weighted by molar-refractivity contribution is 4.91. The largest absolute Gasteiger partial charge is 0.381 e. The molecular formula is C15H28N2O. The van der Waals surface area contributed by atoms with Gasteiger partial charge in [0.15, 0.2) is 0 Å². The van der Waals surface area contributed by atoms with Crippen molar-refractivity contribution >= 4 is 0 Å². The van der Waals surface area contributed by atoms with Crippen LogP contribution in [0.4, 0.5) is 0 Å². The summed E-state index contributed by atoms with van der Waals surface area (Å²) in [4.78, 5) is 0. The summed E-state index contributed by atoms with van der Waals surface area (Å²) >= 11 is 0. The first-order chi connectivity index (χ1) is 8.85. The first kappa shape index (κ1) is 12.9. The fraction of sp³-hybridized carbons (Fsp3) is 1.00. The number of fused-ring (bicyclic) bond motifs is 2. The van der Waals surface area contributed by atoms with Gasteiger partial charge in [-0.05, 0) is 68.6 Å². The van der Waals surface area contributed by atoms with Gasteiger partial charge >= 0.3 is 0 Å². The maximum absolute atomic E-state index is 5.78. The third-order valence-electron chi connectivity index (χ3n) is 5.67. The Morgan fingerprint density at radius 1 is 1.06 bits per heavy atom. The van der Waals surface area contributed by atoms with Gasteiger partial charge in [0.25, 0.3) is 0 Å². The predicted molar refractivity (Wildman–Crippen MR) is 72.8 cm³/mol. The van der Waals surface area contributed by atoms with Gasteiger partial charge in [0, 0.05) is 19.3 Å². The Balaban J connectivity index is 1.46. The number of hydrazine groups is 1. The first-order valence-electron chi connectivity index (χ1n) is 7.89. The van der Waals surface area contributed by atoms with Crippen molar-refractivity contribution in [3.05, 3.63) is 0 Å². The number of ether oxygens (including phenoxy) is 1. The van der Waals surface area contributed by atoms with Crippen LogP contribution in [0.15, 0.2) is 0 Å². The van der Waals surface area contributed by atoms with Crippen LogP contribution in [0.2, 0.25) is 0 Å². The second kappa shape index (κ2) is 5.89. The summed E-state index contributed by atoms with van der Waals surface area (Å²) in [6.45, 7) is 1.91. The van der Waals surface area contributed by atoms with Gasteiger partial charge in [-0.2, -0.15) is 0 Å². The SMILES string of the molecule is NNC(CC1CCOCC1)CC1CC2CCC1C2. The molecule has 2 aliphatic carbocycles. The summed E-state index contributed by atoms with van der Waals surface area (Å²) in [5.41, 5.74) is 3.09. The zero-order valence-corrected chi connectivity index (χ0v) is 11.4. The lowest BCUT2D eigenvalue weighted by molar-refractivity contribution is 0.0590. The lowest BCUT2D eigenvalue weighted by Gasteiger charge is -2.30. The second-order valence-electron chi connectivity index (χ2n) is 6.83. The molecule has 0 spiro atoms. The van der Waals surface area contributed by atoms with Crippen LogP contribution in [0.1, 0.15) is 51.4 Å². The van der Waals surface area contributed by atoms with Crippen molar-refractivity contribution in [2.24, 2.45) is 29.5 Å². The van der Waals surface area contributed by atoms with Gasteiger partial charge in [0.05, 0.1) is 0 Å². The Morgan fingerprint density at radius 3 is 2.50 bits per heavy atom. The van der Waals surface area contributed by atoms with Gasteiger partial charge in [-0.15, -0.1) is 0 Å². The first-order valence-corrected chi connectivity index (χ1v) is 7.89. The van der Waals surface area contributed by atoms with Crippen LogP contribution in [-0.4, -0.2) is 19.3 Å². The minimum atomic E-state index is 0.539. The van der Waals surface area contributed by atoms with Gasteiger partial charge in [0.2, 0.25) is 0 Å². The maximum Gasteiger partial charge on any atom is 0.0468 e. The average Bonchev–Trinajstić information content (AvgIpc) is 3.01. The van der Waals surface area contributed by atoms with E-state index in [1.165, 1.54) is 51.4 Å². The van der Waals surface area contributed by atoms with E-state index in [4.69, 9.17) is 10.6 Å². The van der Waals surface area contributed by atoms with Gasteiger partial charge in [-0.3, -0.25) is 11.3 Å². The molecule has 2 saturated carbocycles. The molecule has 3 N–H and O–H groups in total. The molecule has 0 aromatic carbocycles. The lowest BCUT2D eigenvalue weighted by atomic mass is 9.81. The van der Waals surface area contributed by atoms with Gasteiger partial charge in [-0.25, -0.2) is 0 Å². The Bertz CT molecular complexity index is 265. The quantitative estimate of drug-likeness (QED) is 0.583. The van der Waals surface area contributed by atoms with E-state index in [0.717, 1.165) is 36.9 Å². The highest BCUT2D eigenvalue weighted by Gasteiger charge is 2.40. The molecule has 18 heavy (non-hydrogen) atoms. The molecule has 0 aromatic rings. The van der Waals surface area contributed by atoms with Crippen LogP contribution in [0, 0.1) is 23.7 Å². The normalized spacial score (nSPS) is 38.2. The zero-order chi connectivity index (χ0) is 12.4. The minimum absolute atomic E-state index is 0.539. The van der Waals surface area contributed by atoms with E-state index < -0.39 is 0 Å². The second-order valence-corrected chi connectivity index (χ2v) is 6.83. The van der Waals surface area contributed by atoms with E-state index in [9.17, 15) is 0 Å². The maximum atomic E-state index is 5.78. The molecule has 104 valence electrons. The highest BCUT2D eigenvalue weighted by atomic mass is 16.5. The van der Waals surface area contributed by atoms with E-state index >= 15 is 0 Å². The van der Waals surface area contributed by atoms with Crippen LogP contribution in [0.5, 0.6) is 0 Å². The van der Waals surface area contributed by atoms with Crippen LogP contribution in [0.3, 0.4) is 0 Å². The third kappa shape index (κ3) is 2.89. The Hall–Kier alpha value is -0.120. The van der Waals surface area contributed by atoms with E-state index in [2.05, 4.69) is 5.43 Å². The third-order valence-corrected chi connectivity index (χ3v) is 5.67. The van der Waals surface area contributed by atoms with Crippen LogP contribution in [0.25, 0.3) is 0 Å². The molecule has 3 fully saturated rings. The van der Waals surface area contributed by atoms with Gasteiger partial charge < -0.3 is 4.74 Å². The standard InChI is InChI=1S/C15H28N2O/c16-17-15(9-11-3-5-18-6-4-11)10-14-8-12-1-2-13(14)7-12/h11-15,17H,1-10,16H2. The summed E-state index contributed by atoms with van der Waals surface area (Å²) < 4.78 is 5.44. The Labute approximate surface area is 111 Å². The van der Waals surface area contributed by atoms with Gasteiger partial charge in [0.1, 0.15) is 0 Å². The van der Waals surface area contributed by atoms with E-state index in [-0.39, 0.29) is 0 Å². The average molecular weight is 252 g/mol. The minimum Gasteiger partial charge on any atom is -0.381 e. The molecule has 1 aliphatic heterocycles. The number of hydrogen-bond donors (Lipinski definition) is 2. The summed E-state index contributed by atoms with van der Waals surface area (Å²) in [7, 11) is 0. The van der Waals surface area contributed by atoms with Crippen LogP contribution < -0.4 is 11.3 Å². The van der Waals surface area contributed by atoms with Crippen molar-refractivity contribution in [1.29, 1.82) is 0 Å². The van der Waals surface area contributed by atoms with Crippen molar-refractivity contribution in [2.75, 3.05) is 13.2 Å².